The van der Waals surface area contributed by atoms with Crippen LogP contribution in [0.25, 0.3) is 0 Å². The first-order valence-electron chi connectivity index (χ1n) is 8.05. The van der Waals surface area contributed by atoms with Crippen LogP contribution < -0.4 is 5.32 Å². The number of carboxylic acid groups (broad SMARTS) is 1. The molecule has 2 aromatic rings. The van der Waals surface area contributed by atoms with Crippen molar-refractivity contribution in [2.45, 2.75) is 45.4 Å². The lowest BCUT2D eigenvalue weighted by Crippen LogP contribution is -2.55. The van der Waals surface area contributed by atoms with E-state index in [4.69, 9.17) is 4.74 Å². The van der Waals surface area contributed by atoms with Crippen LogP contribution in [0.5, 0.6) is 0 Å². The van der Waals surface area contributed by atoms with Gasteiger partial charge in [0, 0.05) is 6.20 Å². The molecule has 1 aromatic heterocycles. The van der Waals surface area contributed by atoms with E-state index < -0.39 is 17.6 Å². The molecule has 0 spiro atoms. The standard InChI is InChI=1S/C18H23N3O4/c1-13(2)15-9-19-21(10-15)12-18(3,16(22)23)20-17(24)25-11-14-7-5-4-6-8-14/h4-10,13H,11-12H2,1-3H3,(H,20,24)(H,22,23). The Morgan fingerprint density at radius 3 is 2.56 bits per heavy atom. The van der Waals surface area contributed by atoms with Gasteiger partial charge in [0.05, 0.1) is 12.7 Å². The molecule has 2 rings (SSSR count). The van der Waals surface area contributed by atoms with Gasteiger partial charge in [-0.2, -0.15) is 5.10 Å². The number of carbonyl (C=O) groups excluding carboxylic acids is 1. The predicted octanol–water partition coefficient (Wildman–Crippen LogP) is 2.78. The second-order valence-electron chi connectivity index (χ2n) is 6.45. The lowest BCUT2D eigenvalue weighted by Gasteiger charge is -2.25. The Bertz CT molecular complexity index is 727. The average Bonchev–Trinajstić information content (AvgIpc) is 3.02. The number of hydrogen-bond donors (Lipinski definition) is 2. The van der Waals surface area contributed by atoms with Crippen molar-refractivity contribution in [1.82, 2.24) is 15.1 Å². The summed E-state index contributed by atoms with van der Waals surface area (Å²) in [4.78, 5) is 23.7. The Hall–Kier alpha value is -2.83. The van der Waals surface area contributed by atoms with Gasteiger partial charge in [-0.15, -0.1) is 0 Å². The molecule has 0 aliphatic heterocycles. The first-order valence-corrected chi connectivity index (χ1v) is 8.05. The highest BCUT2D eigenvalue weighted by atomic mass is 16.5. The molecule has 2 N–H and O–H groups in total. The highest BCUT2D eigenvalue weighted by Gasteiger charge is 2.36. The summed E-state index contributed by atoms with van der Waals surface area (Å²) < 4.78 is 6.63. The largest absolute Gasteiger partial charge is 0.479 e. The van der Waals surface area contributed by atoms with E-state index in [9.17, 15) is 14.7 Å². The zero-order chi connectivity index (χ0) is 18.4. The van der Waals surface area contributed by atoms with Crippen molar-refractivity contribution >= 4 is 12.1 Å². The number of aliphatic carboxylic acids is 1. The maximum absolute atomic E-state index is 12.0. The fourth-order valence-corrected chi connectivity index (χ4v) is 2.23. The third kappa shape index (κ3) is 5.07. The topological polar surface area (TPSA) is 93.5 Å². The summed E-state index contributed by atoms with van der Waals surface area (Å²) >= 11 is 0. The molecule has 1 aromatic carbocycles. The molecule has 1 unspecified atom stereocenters. The Morgan fingerprint density at radius 1 is 1.32 bits per heavy atom. The smallest absolute Gasteiger partial charge is 0.408 e. The van der Waals surface area contributed by atoms with Crippen LogP contribution in [0.2, 0.25) is 0 Å². The third-order valence-electron chi connectivity index (χ3n) is 3.86. The van der Waals surface area contributed by atoms with Crippen LogP contribution in [0.15, 0.2) is 42.7 Å². The Kier molecular flexibility index (Phi) is 5.80. The van der Waals surface area contributed by atoms with Crippen molar-refractivity contribution in [2.75, 3.05) is 0 Å². The summed E-state index contributed by atoms with van der Waals surface area (Å²) in [6.45, 7) is 5.54. The summed E-state index contributed by atoms with van der Waals surface area (Å²) in [6, 6.07) is 9.17. The summed E-state index contributed by atoms with van der Waals surface area (Å²) in [6.07, 6.45) is 2.69. The van der Waals surface area contributed by atoms with Crippen LogP contribution >= 0.6 is 0 Å². The van der Waals surface area contributed by atoms with E-state index in [-0.39, 0.29) is 19.1 Å². The number of nitrogens with zero attached hydrogens (tertiary/aromatic N) is 2. The second-order valence-corrected chi connectivity index (χ2v) is 6.45. The van der Waals surface area contributed by atoms with Crippen molar-refractivity contribution in [3.8, 4) is 0 Å². The van der Waals surface area contributed by atoms with E-state index in [1.807, 2.05) is 44.2 Å². The molecule has 7 heteroatoms. The summed E-state index contributed by atoms with van der Waals surface area (Å²) in [5.41, 5.74) is 0.288. The van der Waals surface area contributed by atoms with Gasteiger partial charge in [-0.3, -0.25) is 4.68 Å². The molecule has 0 saturated heterocycles. The van der Waals surface area contributed by atoms with Crippen LogP contribution in [0, 0.1) is 0 Å². The normalized spacial score (nSPS) is 13.3. The van der Waals surface area contributed by atoms with E-state index in [0.29, 0.717) is 0 Å². The molecular weight excluding hydrogens is 322 g/mol. The zero-order valence-electron chi connectivity index (χ0n) is 14.6. The van der Waals surface area contributed by atoms with Gasteiger partial charge >= 0.3 is 12.1 Å². The second kappa shape index (κ2) is 7.83. The summed E-state index contributed by atoms with van der Waals surface area (Å²) in [7, 11) is 0. The van der Waals surface area contributed by atoms with Crippen molar-refractivity contribution in [2.24, 2.45) is 0 Å². The van der Waals surface area contributed by atoms with Crippen LogP contribution in [0.3, 0.4) is 0 Å². The van der Waals surface area contributed by atoms with Gasteiger partial charge in [-0.05, 0) is 24.0 Å². The number of benzene rings is 1. The Balaban J connectivity index is 2.00. The van der Waals surface area contributed by atoms with E-state index >= 15 is 0 Å². The Labute approximate surface area is 146 Å². The number of carbonyl (C=O) groups is 2. The van der Waals surface area contributed by atoms with Gasteiger partial charge in [0.2, 0.25) is 0 Å². The van der Waals surface area contributed by atoms with Crippen molar-refractivity contribution < 1.29 is 19.4 Å². The quantitative estimate of drug-likeness (QED) is 0.805. The SMILES string of the molecule is CC(C)c1cnn(CC(C)(NC(=O)OCc2ccccc2)C(=O)O)c1. The van der Waals surface area contributed by atoms with E-state index in [2.05, 4.69) is 10.4 Å². The minimum atomic E-state index is -1.53. The summed E-state index contributed by atoms with van der Waals surface area (Å²) in [5, 5.41) is 16.1. The number of hydrogen-bond acceptors (Lipinski definition) is 4. The maximum Gasteiger partial charge on any atom is 0.408 e. The van der Waals surface area contributed by atoms with E-state index in [1.165, 1.54) is 11.6 Å². The van der Waals surface area contributed by atoms with Gasteiger partial charge in [0.25, 0.3) is 0 Å². The average molecular weight is 345 g/mol. The molecule has 0 aliphatic carbocycles. The first kappa shape index (κ1) is 18.5. The number of alkyl carbamates (subject to hydrolysis) is 1. The monoisotopic (exact) mass is 345 g/mol. The van der Waals surface area contributed by atoms with Gasteiger partial charge in [-0.1, -0.05) is 44.2 Å². The van der Waals surface area contributed by atoms with Crippen molar-refractivity contribution in [3.63, 3.8) is 0 Å². The minimum Gasteiger partial charge on any atom is -0.479 e. The molecule has 7 nitrogen and oxygen atoms in total. The van der Waals surface area contributed by atoms with Gasteiger partial charge in [-0.25, -0.2) is 9.59 Å². The fourth-order valence-electron chi connectivity index (χ4n) is 2.23. The molecule has 0 radical (unpaired) electrons. The van der Waals surface area contributed by atoms with Gasteiger partial charge in [0.1, 0.15) is 6.61 Å². The first-order chi connectivity index (χ1) is 11.8. The zero-order valence-corrected chi connectivity index (χ0v) is 14.6. The summed E-state index contributed by atoms with van der Waals surface area (Å²) in [5.74, 6) is -0.876. The van der Waals surface area contributed by atoms with Gasteiger partial charge in [0.15, 0.2) is 5.54 Å². The number of amides is 1. The molecule has 1 atom stereocenters. The van der Waals surface area contributed by atoms with Crippen LogP contribution in [-0.4, -0.2) is 32.5 Å². The van der Waals surface area contributed by atoms with Crippen LogP contribution in [0.1, 0.15) is 37.8 Å². The molecule has 1 amide bonds. The highest BCUT2D eigenvalue weighted by molar-refractivity contribution is 5.83. The predicted molar refractivity (Wildman–Crippen MR) is 92.1 cm³/mol. The number of ether oxygens (including phenoxy) is 1. The van der Waals surface area contributed by atoms with E-state index in [0.717, 1.165) is 11.1 Å². The molecule has 1 heterocycles. The third-order valence-corrected chi connectivity index (χ3v) is 3.86. The van der Waals surface area contributed by atoms with Gasteiger partial charge < -0.3 is 15.2 Å². The maximum atomic E-state index is 12.0. The fraction of sp³-hybridized carbons (Fsp3) is 0.389. The molecule has 0 saturated carbocycles. The minimum absolute atomic E-state index is 0.00447. The van der Waals surface area contributed by atoms with Crippen molar-refractivity contribution in [3.05, 3.63) is 53.9 Å². The van der Waals surface area contributed by atoms with E-state index in [1.54, 1.807) is 12.4 Å². The molecule has 0 fully saturated rings. The number of carboxylic acids is 1. The van der Waals surface area contributed by atoms with Crippen molar-refractivity contribution in [1.29, 1.82) is 0 Å². The lowest BCUT2D eigenvalue weighted by molar-refractivity contribution is -0.144. The Morgan fingerprint density at radius 2 is 2.00 bits per heavy atom. The number of nitrogens with one attached hydrogen (secondary N) is 1. The van der Waals surface area contributed by atoms with Crippen LogP contribution in [-0.2, 0) is 22.7 Å². The molecule has 134 valence electrons. The molecule has 25 heavy (non-hydrogen) atoms. The molecule has 0 aliphatic rings. The molecule has 0 bridgehead atoms. The lowest BCUT2D eigenvalue weighted by atomic mass is 10.0. The highest BCUT2D eigenvalue weighted by Crippen LogP contribution is 2.15. The number of rotatable bonds is 7. The van der Waals surface area contributed by atoms with Crippen LogP contribution in [0.4, 0.5) is 4.79 Å². The molecular formula is C18H23N3O4. The number of aromatic nitrogens is 2.